The lowest BCUT2D eigenvalue weighted by atomic mass is 9.98. The van der Waals surface area contributed by atoms with E-state index in [1.165, 1.54) is 42.8 Å². The van der Waals surface area contributed by atoms with E-state index in [2.05, 4.69) is 10.3 Å². The third-order valence-electron chi connectivity index (χ3n) is 5.07. The lowest BCUT2D eigenvalue weighted by Gasteiger charge is -2.14. The molecule has 4 rings (SSSR count). The van der Waals surface area contributed by atoms with Crippen molar-refractivity contribution >= 4 is 33.0 Å². The number of hydrogen-bond donors (Lipinski definition) is 1. The molecule has 0 saturated heterocycles. The molecule has 1 N–H and O–H groups in total. The Bertz CT molecular complexity index is 1500. The Kier molecular flexibility index (Phi) is 6.44. The lowest BCUT2D eigenvalue weighted by Crippen LogP contribution is -2.14. The van der Waals surface area contributed by atoms with E-state index in [0.717, 1.165) is 18.4 Å². The minimum absolute atomic E-state index is 0.0600. The summed E-state index contributed by atoms with van der Waals surface area (Å²) in [5.41, 5.74) is 0.366. The van der Waals surface area contributed by atoms with E-state index in [1.54, 1.807) is 18.2 Å². The van der Waals surface area contributed by atoms with Gasteiger partial charge in [0.25, 0.3) is 5.91 Å². The molecule has 0 unspecified atom stereocenters. The van der Waals surface area contributed by atoms with Crippen molar-refractivity contribution in [2.45, 2.75) is 11.1 Å². The van der Waals surface area contributed by atoms with Crippen LogP contribution >= 0.6 is 11.6 Å². The molecule has 0 aliphatic heterocycles. The number of halogens is 4. The summed E-state index contributed by atoms with van der Waals surface area (Å²) < 4.78 is 68.4. The van der Waals surface area contributed by atoms with Crippen LogP contribution in [0.3, 0.4) is 0 Å². The van der Waals surface area contributed by atoms with Crippen molar-refractivity contribution in [2.24, 2.45) is 0 Å². The molecule has 0 aliphatic carbocycles. The number of carbonyl (C=O) groups excluding carboxylic acids is 1. The fraction of sp³-hybridized carbons (Fsp3) is 0.0833. The van der Waals surface area contributed by atoms with E-state index >= 15 is 0 Å². The van der Waals surface area contributed by atoms with Crippen LogP contribution in [0.15, 0.2) is 82.4 Å². The lowest BCUT2D eigenvalue weighted by molar-refractivity contribution is -0.137. The second-order valence-electron chi connectivity index (χ2n) is 7.54. The number of aromatic nitrogens is 1. The standard InChI is InChI=1S/C24H16ClF3N2O4S/c1-35(32,33)17-7-8-18(19(13-17)14-2-4-15(5-3-14)24(26,27)28)22(31)30-16-6-9-21(25)20(12-16)23-29-10-11-34-23/h2-13H,1H3,(H,30,31). The van der Waals surface area contributed by atoms with E-state index in [0.29, 0.717) is 16.3 Å². The first-order valence-electron chi connectivity index (χ1n) is 9.96. The molecule has 0 aliphatic rings. The quantitative estimate of drug-likeness (QED) is 0.332. The molecule has 0 atom stereocenters. The number of sulfone groups is 1. The van der Waals surface area contributed by atoms with E-state index in [1.807, 2.05) is 0 Å². The van der Waals surface area contributed by atoms with Gasteiger partial charge in [-0.25, -0.2) is 13.4 Å². The zero-order chi connectivity index (χ0) is 25.4. The average molecular weight is 521 g/mol. The molecular formula is C24H16ClF3N2O4S. The summed E-state index contributed by atoms with van der Waals surface area (Å²) in [6.45, 7) is 0. The number of rotatable bonds is 5. The van der Waals surface area contributed by atoms with Crippen LogP contribution in [0.2, 0.25) is 5.02 Å². The number of anilines is 1. The Labute approximate surface area is 203 Å². The van der Waals surface area contributed by atoms with Gasteiger partial charge in [0.15, 0.2) is 9.84 Å². The number of benzene rings is 3. The smallest absolute Gasteiger partial charge is 0.416 e. The van der Waals surface area contributed by atoms with Gasteiger partial charge in [-0.1, -0.05) is 23.7 Å². The normalized spacial score (nSPS) is 11.9. The summed E-state index contributed by atoms with van der Waals surface area (Å²) in [5, 5.41) is 3.04. The molecule has 0 saturated carbocycles. The highest BCUT2D eigenvalue weighted by Crippen LogP contribution is 2.34. The third-order valence-corrected chi connectivity index (χ3v) is 6.51. The summed E-state index contributed by atoms with van der Waals surface area (Å²) in [6.07, 6.45) is -0.730. The molecule has 35 heavy (non-hydrogen) atoms. The fourth-order valence-corrected chi connectivity index (χ4v) is 4.20. The van der Waals surface area contributed by atoms with Gasteiger partial charge in [-0.05, 0) is 59.7 Å². The zero-order valence-corrected chi connectivity index (χ0v) is 19.5. The highest BCUT2D eigenvalue weighted by atomic mass is 35.5. The molecule has 6 nitrogen and oxygen atoms in total. The number of amides is 1. The molecule has 1 heterocycles. The van der Waals surface area contributed by atoms with Gasteiger partial charge in [0.05, 0.1) is 27.2 Å². The van der Waals surface area contributed by atoms with Crippen molar-refractivity contribution in [3.8, 4) is 22.6 Å². The molecule has 4 aromatic rings. The van der Waals surface area contributed by atoms with Crippen molar-refractivity contribution in [3.63, 3.8) is 0 Å². The number of nitrogens with one attached hydrogen (secondary N) is 1. The molecule has 1 aromatic heterocycles. The van der Waals surface area contributed by atoms with Gasteiger partial charge in [-0.15, -0.1) is 0 Å². The third kappa shape index (κ3) is 5.39. The summed E-state index contributed by atoms with van der Waals surface area (Å²) in [5.74, 6) is -0.366. The zero-order valence-electron chi connectivity index (χ0n) is 17.9. The van der Waals surface area contributed by atoms with Crippen molar-refractivity contribution in [1.29, 1.82) is 0 Å². The van der Waals surface area contributed by atoms with Gasteiger partial charge >= 0.3 is 6.18 Å². The second-order valence-corrected chi connectivity index (χ2v) is 9.96. The van der Waals surface area contributed by atoms with Crippen molar-refractivity contribution in [3.05, 3.63) is 89.3 Å². The highest BCUT2D eigenvalue weighted by molar-refractivity contribution is 7.90. The summed E-state index contributed by atoms with van der Waals surface area (Å²) in [4.78, 5) is 17.1. The number of nitrogens with zero attached hydrogens (tertiary/aromatic N) is 1. The Morgan fingerprint density at radius 2 is 1.71 bits per heavy atom. The van der Waals surface area contributed by atoms with E-state index in [-0.39, 0.29) is 27.5 Å². The summed E-state index contributed by atoms with van der Waals surface area (Å²) >= 11 is 6.20. The first-order chi connectivity index (χ1) is 16.4. The Balaban J connectivity index is 1.74. The predicted octanol–water partition coefficient (Wildman–Crippen LogP) is 6.34. The molecule has 11 heteroatoms. The maximum atomic E-state index is 13.2. The van der Waals surface area contributed by atoms with Gasteiger partial charge < -0.3 is 9.73 Å². The largest absolute Gasteiger partial charge is 0.444 e. The Morgan fingerprint density at radius 3 is 2.31 bits per heavy atom. The number of oxazole rings is 1. The first kappa shape index (κ1) is 24.5. The Morgan fingerprint density at radius 1 is 1.00 bits per heavy atom. The van der Waals surface area contributed by atoms with Crippen molar-refractivity contribution < 1.29 is 30.8 Å². The van der Waals surface area contributed by atoms with Gasteiger partial charge in [-0.2, -0.15) is 13.2 Å². The van der Waals surface area contributed by atoms with Crippen molar-refractivity contribution in [2.75, 3.05) is 11.6 Å². The molecular weight excluding hydrogens is 505 g/mol. The molecule has 0 bridgehead atoms. The van der Waals surface area contributed by atoms with Gasteiger partial charge in [0, 0.05) is 17.5 Å². The minimum Gasteiger partial charge on any atom is -0.444 e. The highest BCUT2D eigenvalue weighted by Gasteiger charge is 2.30. The molecule has 0 spiro atoms. The molecule has 0 fully saturated rings. The second kappa shape index (κ2) is 9.20. The SMILES string of the molecule is CS(=O)(=O)c1ccc(C(=O)Nc2ccc(Cl)c(-c3ncco3)c2)c(-c2ccc(C(F)(F)F)cc2)c1. The van der Waals surface area contributed by atoms with Crippen LogP contribution in [0.25, 0.3) is 22.6 Å². The monoisotopic (exact) mass is 520 g/mol. The van der Waals surface area contributed by atoms with Gasteiger partial charge in [-0.3, -0.25) is 4.79 Å². The van der Waals surface area contributed by atoms with Crippen LogP contribution in [-0.2, 0) is 16.0 Å². The van der Waals surface area contributed by atoms with Gasteiger partial charge in [0.2, 0.25) is 5.89 Å². The topological polar surface area (TPSA) is 89.3 Å². The maximum Gasteiger partial charge on any atom is 0.416 e. The summed E-state index contributed by atoms with van der Waals surface area (Å²) in [6, 6.07) is 12.6. The first-order valence-corrected chi connectivity index (χ1v) is 12.2. The Hall–Kier alpha value is -3.63. The number of carbonyl (C=O) groups is 1. The maximum absolute atomic E-state index is 13.2. The van der Waals surface area contributed by atoms with Crippen LogP contribution < -0.4 is 5.32 Å². The van der Waals surface area contributed by atoms with Gasteiger partial charge in [0.1, 0.15) is 6.26 Å². The van der Waals surface area contributed by atoms with E-state index < -0.39 is 27.5 Å². The van der Waals surface area contributed by atoms with Crippen LogP contribution in [0.4, 0.5) is 18.9 Å². The predicted molar refractivity (Wildman–Crippen MR) is 125 cm³/mol. The van der Waals surface area contributed by atoms with Crippen LogP contribution in [0.1, 0.15) is 15.9 Å². The van der Waals surface area contributed by atoms with Crippen molar-refractivity contribution in [1.82, 2.24) is 4.98 Å². The minimum atomic E-state index is -4.54. The van der Waals surface area contributed by atoms with E-state index in [4.69, 9.17) is 16.0 Å². The van der Waals surface area contributed by atoms with Crippen LogP contribution in [0, 0.1) is 0 Å². The molecule has 1 amide bonds. The number of hydrogen-bond acceptors (Lipinski definition) is 5. The number of alkyl halides is 3. The summed E-state index contributed by atoms with van der Waals surface area (Å²) in [7, 11) is -3.65. The van der Waals surface area contributed by atoms with E-state index in [9.17, 15) is 26.4 Å². The van der Waals surface area contributed by atoms with Crippen LogP contribution in [0.5, 0.6) is 0 Å². The molecule has 0 radical (unpaired) electrons. The fourth-order valence-electron chi connectivity index (χ4n) is 3.35. The molecule has 3 aromatic carbocycles. The molecule has 180 valence electrons. The average Bonchev–Trinajstić information content (AvgIpc) is 3.33. The van der Waals surface area contributed by atoms with Crippen LogP contribution in [-0.4, -0.2) is 25.6 Å².